The van der Waals surface area contributed by atoms with Crippen LogP contribution in [0.25, 0.3) is 11.2 Å². The van der Waals surface area contributed by atoms with Crippen molar-refractivity contribution >= 4 is 115 Å². The van der Waals surface area contributed by atoms with Crippen molar-refractivity contribution in [2.24, 2.45) is 5.16 Å². The van der Waals surface area contributed by atoms with E-state index in [1.165, 1.54) is 18.7 Å². The van der Waals surface area contributed by atoms with E-state index < -0.39 is 50.8 Å². The van der Waals surface area contributed by atoms with Gasteiger partial charge in [0.05, 0.1) is 6.20 Å². The molecule has 3 aromatic rings. The monoisotopic (exact) mass is 794 g/mol. The third kappa shape index (κ3) is 7.54. The number of thioether (sulfide) groups is 1. The Morgan fingerprint density at radius 2 is 2.02 bits per heavy atom. The number of carbonyl (C=O) groups excluding carboxylic acids is 2. The third-order valence-corrected chi connectivity index (χ3v) is 10.4. The molecule has 0 saturated carbocycles. The number of anilines is 1. The highest BCUT2D eigenvalue weighted by atomic mass is 35.6. The molecule has 0 aliphatic carbocycles. The molecule has 3 aromatic heterocycles. The second kappa shape index (κ2) is 14.8. The number of nitrogens with zero attached hydrogens (tertiary/aromatic N) is 6. The molecule has 262 valence electrons. The average molecular weight is 797 g/mol. The maximum Gasteiger partial charge on any atom is 0.352 e. The van der Waals surface area contributed by atoms with Gasteiger partial charge in [-0.25, -0.2) is 19.1 Å². The zero-order chi connectivity index (χ0) is 35.8. The third-order valence-electron chi connectivity index (χ3n) is 7.43. The number of amides is 2. The summed E-state index contributed by atoms with van der Waals surface area (Å²) in [7, 11) is 1.83. The lowest BCUT2D eigenvalue weighted by Crippen LogP contribution is -2.71. The number of carbonyl (C=O) groups is 4. The molecule has 5 rings (SSSR count). The van der Waals surface area contributed by atoms with Gasteiger partial charge in [0, 0.05) is 17.9 Å². The predicted octanol–water partition coefficient (Wildman–Crippen LogP) is 2.08. The highest BCUT2D eigenvalue weighted by Crippen LogP contribution is 2.41. The van der Waals surface area contributed by atoms with E-state index in [4.69, 9.17) is 62.1 Å². The largest absolute Gasteiger partial charge is 0.478 e. The Bertz CT molecular complexity index is 1890. The molecule has 2 amide bonds. The summed E-state index contributed by atoms with van der Waals surface area (Å²) in [5.74, 6) is -3.96. The van der Waals surface area contributed by atoms with Crippen LogP contribution in [-0.2, 0) is 40.9 Å². The number of alkyl halides is 3. The van der Waals surface area contributed by atoms with Gasteiger partial charge >= 0.3 is 17.6 Å². The van der Waals surface area contributed by atoms with Gasteiger partial charge < -0.3 is 31.4 Å². The van der Waals surface area contributed by atoms with Gasteiger partial charge in [-0.15, -0.1) is 11.8 Å². The number of thiazole rings is 1. The van der Waals surface area contributed by atoms with Gasteiger partial charge in [0.15, 0.2) is 10.8 Å². The number of nitrogens with two attached hydrogens (primary N) is 1. The van der Waals surface area contributed by atoms with Crippen LogP contribution in [-0.4, -0.2) is 96.0 Å². The number of hydrogen-bond donors (Lipinski definition) is 5. The molecule has 0 bridgehead atoms. The smallest absolute Gasteiger partial charge is 0.352 e. The zero-order valence-corrected chi connectivity index (χ0v) is 30.2. The number of fused-ring (bicyclic) bond motifs is 2. The number of hydrogen-bond acceptors (Lipinski definition) is 12. The summed E-state index contributed by atoms with van der Waals surface area (Å²) in [6.45, 7) is 2.45. The number of rotatable bonds is 13. The number of oxime groups is 1. The molecular formula is C27H28Cl4N9O7S2+. The fraction of sp³-hybridized carbons (Fsp3) is 0.407. The Kier molecular flexibility index (Phi) is 11.2. The highest BCUT2D eigenvalue weighted by molar-refractivity contribution is 8.00. The Morgan fingerprint density at radius 3 is 2.63 bits per heavy atom. The molecule has 0 radical (unpaired) electrons. The fourth-order valence-corrected chi connectivity index (χ4v) is 7.87. The number of β-lactam (4-membered cyclic amide) rings is 1. The highest BCUT2D eigenvalue weighted by Gasteiger charge is 2.55. The van der Waals surface area contributed by atoms with Crippen molar-refractivity contribution in [3.63, 3.8) is 0 Å². The predicted molar refractivity (Wildman–Crippen MR) is 184 cm³/mol. The Hall–Kier alpha value is -3.39. The van der Waals surface area contributed by atoms with E-state index in [0.717, 1.165) is 22.7 Å². The van der Waals surface area contributed by atoms with Gasteiger partial charge in [-0.05, 0) is 44.1 Å². The van der Waals surface area contributed by atoms with Crippen LogP contribution in [0.1, 0.15) is 24.9 Å². The van der Waals surface area contributed by atoms with Crippen LogP contribution in [0.2, 0.25) is 4.34 Å². The van der Waals surface area contributed by atoms with Crippen molar-refractivity contribution < 1.29 is 38.8 Å². The Labute approximate surface area is 306 Å². The number of aliphatic carboxylic acids is 2. The molecule has 1 unspecified atom stereocenters. The van der Waals surface area contributed by atoms with Crippen LogP contribution in [0.3, 0.4) is 0 Å². The second-order valence-electron chi connectivity index (χ2n) is 10.7. The quantitative estimate of drug-likeness (QED) is 0.0420. The molecule has 2 aliphatic heterocycles. The summed E-state index contributed by atoms with van der Waals surface area (Å²) >= 11 is 27.1. The molecule has 0 spiro atoms. The van der Waals surface area contributed by atoms with Crippen molar-refractivity contribution in [1.29, 1.82) is 0 Å². The molecule has 2 aliphatic rings. The summed E-state index contributed by atoms with van der Waals surface area (Å²) in [6, 6.07) is 2.42. The molecule has 0 aromatic carbocycles. The number of halogens is 4. The van der Waals surface area contributed by atoms with Crippen molar-refractivity contribution in [1.82, 2.24) is 30.1 Å². The van der Waals surface area contributed by atoms with E-state index >= 15 is 0 Å². The maximum atomic E-state index is 13.4. The first-order chi connectivity index (χ1) is 23.1. The fourth-order valence-electron chi connectivity index (χ4n) is 5.17. The number of aromatic nitrogens is 4. The van der Waals surface area contributed by atoms with E-state index in [-0.39, 0.29) is 39.0 Å². The van der Waals surface area contributed by atoms with Crippen molar-refractivity contribution in [2.45, 2.75) is 47.7 Å². The van der Waals surface area contributed by atoms with Gasteiger partial charge in [0.2, 0.25) is 6.10 Å². The first kappa shape index (κ1) is 36.9. The molecular weight excluding hydrogens is 768 g/mol. The van der Waals surface area contributed by atoms with Crippen LogP contribution >= 0.6 is 69.5 Å². The van der Waals surface area contributed by atoms with Gasteiger partial charge in [-0.1, -0.05) is 62.9 Å². The van der Waals surface area contributed by atoms with Gasteiger partial charge in [-0.2, -0.15) is 0 Å². The molecule has 1 fully saturated rings. The van der Waals surface area contributed by atoms with Crippen LogP contribution in [0.5, 0.6) is 0 Å². The van der Waals surface area contributed by atoms with E-state index in [1.54, 1.807) is 21.4 Å². The van der Waals surface area contributed by atoms with Gasteiger partial charge in [0.25, 0.3) is 21.4 Å². The summed E-state index contributed by atoms with van der Waals surface area (Å²) < 4.78 is 1.67. The minimum Gasteiger partial charge on any atom is -0.478 e. The summed E-state index contributed by atoms with van der Waals surface area (Å²) in [5.41, 5.74) is 6.31. The van der Waals surface area contributed by atoms with Crippen molar-refractivity contribution in [2.75, 3.05) is 25.1 Å². The molecule has 22 heteroatoms. The lowest BCUT2D eigenvalue weighted by atomic mass is 10.0. The zero-order valence-electron chi connectivity index (χ0n) is 25.5. The number of carboxylic acids is 2. The van der Waals surface area contributed by atoms with E-state index in [9.17, 15) is 24.3 Å². The standard InChI is InChI=1S/C27H27Cl4N9O7S2/c1-11(23(43)44)47-37-15(14-18(28)49-26(32)35-14)20(41)34-16-21(42)40-17(24(45)46)12(10-48-22(16)40)9-38-7-3-5-13-19(38)36-25(27(29,30)31)39(13)8-4-6-33-2/h3,5,7,11,16,22,33H,4,6,8-10H2,1-2H3,(H4-,32,34,35,41,43,44,45,46)/p+1/b37-15-/t11-,16+,22?/m0/s1. The first-order valence-corrected chi connectivity index (χ1v) is 17.7. The van der Waals surface area contributed by atoms with E-state index in [1.807, 2.05) is 13.1 Å². The molecule has 49 heavy (non-hydrogen) atoms. The molecule has 16 nitrogen and oxygen atoms in total. The van der Waals surface area contributed by atoms with Crippen LogP contribution in [0, 0.1) is 0 Å². The normalized spacial score (nSPS) is 18.7. The SMILES string of the molecule is CNCCCn1c(C(Cl)(Cl)Cl)nc2c1ccc[n+]2CC1=C(C(=O)O)N2C(=O)[C@@H](NC(=O)/C(=N\O[C@@H](C)C(=O)O)c3nc(N)sc3Cl)C2SC1. The van der Waals surface area contributed by atoms with Crippen molar-refractivity contribution in [3.05, 3.63) is 45.5 Å². The summed E-state index contributed by atoms with van der Waals surface area (Å²) in [5, 5.41) is 27.9. The van der Waals surface area contributed by atoms with E-state index in [2.05, 4.69) is 25.8 Å². The number of pyridine rings is 1. The summed E-state index contributed by atoms with van der Waals surface area (Å²) in [4.78, 5) is 65.3. The number of carboxylic acid groups (broad SMARTS) is 2. The summed E-state index contributed by atoms with van der Waals surface area (Å²) in [6.07, 6.45) is 1.00. The maximum absolute atomic E-state index is 13.4. The number of aryl methyl sites for hydroxylation is 1. The van der Waals surface area contributed by atoms with Gasteiger partial charge in [0.1, 0.15) is 39.2 Å². The lowest BCUT2D eigenvalue weighted by Gasteiger charge is -2.49. The Balaban J connectivity index is 1.42. The molecule has 6 N–H and O–H groups in total. The van der Waals surface area contributed by atoms with E-state index in [0.29, 0.717) is 29.8 Å². The first-order valence-electron chi connectivity index (χ1n) is 14.3. The minimum absolute atomic E-state index is 0.00178. The number of imidazole rings is 1. The minimum atomic E-state index is -1.83. The number of nitrogen functional groups attached to an aromatic ring is 1. The van der Waals surface area contributed by atoms with Crippen LogP contribution in [0.15, 0.2) is 34.8 Å². The molecule has 1 saturated heterocycles. The molecule has 3 atom stereocenters. The number of nitrogens with one attached hydrogen (secondary N) is 2. The molecule has 5 heterocycles. The van der Waals surface area contributed by atoms with Crippen LogP contribution < -0.4 is 20.9 Å². The van der Waals surface area contributed by atoms with Crippen molar-refractivity contribution in [3.8, 4) is 0 Å². The Morgan fingerprint density at radius 1 is 1.29 bits per heavy atom. The second-order valence-corrected chi connectivity index (χ2v) is 15.7. The lowest BCUT2D eigenvalue weighted by molar-refractivity contribution is -0.664. The average Bonchev–Trinajstić information content (AvgIpc) is 3.59. The van der Waals surface area contributed by atoms with Crippen LogP contribution in [0.4, 0.5) is 5.13 Å². The topological polar surface area (TPSA) is 218 Å². The van der Waals surface area contributed by atoms with Gasteiger partial charge in [-0.3, -0.25) is 19.1 Å².